The molecule has 6 heteroatoms. The highest BCUT2D eigenvalue weighted by Crippen LogP contribution is 2.22. The van der Waals surface area contributed by atoms with Crippen LogP contribution in [0.5, 0.6) is 0 Å². The number of halogens is 1. The van der Waals surface area contributed by atoms with Gasteiger partial charge in [0.25, 0.3) is 5.91 Å². The van der Waals surface area contributed by atoms with E-state index in [-0.39, 0.29) is 17.7 Å². The molecule has 5 nitrogen and oxygen atoms in total. The molecule has 0 aliphatic carbocycles. The first-order chi connectivity index (χ1) is 9.52. The summed E-state index contributed by atoms with van der Waals surface area (Å²) in [6, 6.07) is 5.61. The number of carbonyl (C=O) groups excluding carboxylic acids is 1. The summed E-state index contributed by atoms with van der Waals surface area (Å²) in [4.78, 5) is 14.2. The van der Waals surface area contributed by atoms with Gasteiger partial charge in [0.2, 0.25) is 0 Å². The maximum atomic E-state index is 12.4. The predicted octanol–water partition coefficient (Wildman–Crippen LogP) is 2.36. The summed E-state index contributed by atoms with van der Waals surface area (Å²) in [5.74, 6) is 0.367. The van der Waals surface area contributed by atoms with Crippen molar-refractivity contribution in [3.63, 3.8) is 0 Å². The first-order valence-electron chi connectivity index (χ1n) is 6.55. The molecule has 0 bridgehead atoms. The van der Waals surface area contributed by atoms with E-state index in [1.54, 1.807) is 0 Å². The molecule has 0 atom stereocenters. The van der Waals surface area contributed by atoms with Crippen LogP contribution < -0.4 is 5.73 Å². The normalized spacial score (nSPS) is 17.3. The van der Waals surface area contributed by atoms with Gasteiger partial charge in [-0.25, -0.2) is 0 Å². The number of aryl methyl sites for hydroxylation is 1. The summed E-state index contributed by atoms with van der Waals surface area (Å²) < 4.78 is 1.000. The SMILES string of the molecule is Cc1cc(C(=O)N2CCC(/C(N)=N/O)CC2)ccc1Br. The van der Waals surface area contributed by atoms with E-state index in [0.717, 1.165) is 22.9 Å². The lowest BCUT2D eigenvalue weighted by atomic mass is 9.95. The molecule has 0 aromatic heterocycles. The second-order valence-electron chi connectivity index (χ2n) is 5.06. The van der Waals surface area contributed by atoms with Gasteiger partial charge in [0.15, 0.2) is 0 Å². The van der Waals surface area contributed by atoms with E-state index in [9.17, 15) is 4.79 Å². The molecule has 1 amide bonds. The van der Waals surface area contributed by atoms with Gasteiger partial charge in [0, 0.05) is 29.0 Å². The average molecular weight is 340 g/mol. The van der Waals surface area contributed by atoms with Crippen LogP contribution in [-0.2, 0) is 0 Å². The van der Waals surface area contributed by atoms with Crippen molar-refractivity contribution in [2.45, 2.75) is 19.8 Å². The van der Waals surface area contributed by atoms with Crippen molar-refractivity contribution >= 4 is 27.7 Å². The van der Waals surface area contributed by atoms with E-state index in [4.69, 9.17) is 10.9 Å². The molecule has 2 rings (SSSR count). The fraction of sp³-hybridized carbons (Fsp3) is 0.429. The van der Waals surface area contributed by atoms with E-state index in [1.807, 2.05) is 30.0 Å². The zero-order valence-electron chi connectivity index (χ0n) is 11.3. The van der Waals surface area contributed by atoms with Gasteiger partial charge in [-0.15, -0.1) is 0 Å². The van der Waals surface area contributed by atoms with Crippen LogP contribution in [0.3, 0.4) is 0 Å². The molecule has 0 radical (unpaired) electrons. The van der Waals surface area contributed by atoms with Gasteiger partial charge < -0.3 is 15.8 Å². The zero-order valence-corrected chi connectivity index (χ0v) is 12.9. The third-order valence-corrected chi connectivity index (χ3v) is 4.61. The molecule has 1 aliphatic rings. The zero-order chi connectivity index (χ0) is 14.7. The first-order valence-corrected chi connectivity index (χ1v) is 7.35. The van der Waals surface area contributed by atoms with Crippen LogP contribution in [0.25, 0.3) is 0 Å². The summed E-state index contributed by atoms with van der Waals surface area (Å²) in [6.07, 6.45) is 1.47. The molecule has 108 valence electrons. The predicted molar refractivity (Wildman–Crippen MR) is 80.9 cm³/mol. The van der Waals surface area contributed by atoms with Gasteiger partial charge in [-0.1, -0.05) is 21.1 Å². The average Bonchev–Trinajstić information content (AvgIpc) is 2.48. The minimum absolute atomic E-state index is 0.0403. The molecule has 1 fully saturated rings. The Morgan fingerprint density at radius 3 is 2.65 bits per heavy atom. The summed E-state index contributed by atoms with van der Waals surface area (Å²) >= 11 is 3.43. The number of hydrogen-bond acceptors (Lipinski definition) is 3. The number of hydrogen-bond donors (Lipinski definition) is 2. The van der Waals surface area contributed by atoms with Gasteiger partial charge in [0.05, 0.1) is 0 Å². The second-order valence-corrected chi connectivity index (χ2v) is 5.91. The van der Waals surface area contributed by atoms with Gasteiger partial charge >= 0.3 is 0 Å². The lowest BCUT2D eigenvalue weighted by Crippen LogP contribution is -2.41. The Morgan fingerprint density at radius 2 is 2.10 bits per heavy atom. The molecular formula is C14H18BrN3O2. The number of piperidine rings is 1. The number of nitrogens with zero attached hydrogens (tertiary/aromatic N) is 2. The van der Waals surface area contributed by atoms with Crippen molar-refractivity contribution in [3.05, 3.63) is 33.8 Å². The number of rotatable bonds is 2. The Morgan fingerprint density at radius 1 is 1.45 bits per heavy atom. The molecule has 0 saturated carbocycles. The van der Waals surface area contributed by atoms with Crippen LogP contribution in [0.2, 0.25) is 0 Å². The number of amides is 1. The Labute approximate surface area is 126 Å². The minimum Gasteiger partial charge on any atom is -0.409 e. The molecule has 0 spiro atoms. The Bertz CT molecular complexity index is 537. The molecule has 1 aliphatic heterocycles. The molecule has 20 heavy (non-hydrogen) atoms. The summed E-state index contributed by atoms with van der Waals surface area (Å²) in [5.41, 5.74) is 7.35. The Balaban J connectivity index is 2.03. The van der Waals surface area contributed by atoms with Crippen molar-refractivity contribution in [3.8, 4) is 0 Å². The van der Waals surface area contributed by atoms with Crippen molar-refractivity contribution in [2.24, 2.45) is 16.8 Å². The van der Waals surface area contributed by atoms with Crippen LogP contribution >= 0.6 is 15.9 Å². The lowest BCUT2D eigenvalue weighted by molar-refractivity contribution is 0.0709. The van der Waals surface area contributed by atoms with Crippen molar-refractivity contribution in [1.29, 1.82) is 0 Å². The number of oxime groups is 1. The lowest BCUT2D eigenvalue weighted by Gasteiger charge is -2.31. The molecule has 0 unspecified atom stereocenters. The van der Waals surface area contributed by atoms with E-state index < -0.39 is 0 Å². The molecule has 1 aromatic rings. The van der Waals surface area contributed by atoms with Crippen LogP contribution in [0, 0.1) is 12.8 Å². The highest BCUT2D eigenvalue weighted by atomic mass is 79.9. The third kappa shape index (κ3) is 3.12. The van der Waals surface area contributed by atoms with E-state index in [2.05, 4.69) is 21.1 Å². The summed E-state index contributed by atoms with van der Waals surface area (Å²) in [7, 11) is 0. The Kier molecular flexibility index (Phi) is 4.65. The number of benzene rings is 1. The number of nitrogens with two attached hydrogens (primary N) is 1. The highest BCUT2D eigenvalue weighted by Gasteiger charge is 2.25. The first kappa shape index (κ1) is 14.8. The minimum atomic E-state index is 0.0403. The summed E-state index contributed by atoms with van der Waals surface area (Å²) in [6.45, 7) is 3.23. The van der Waals surface area contributed by atoms with Crippen LogP contribution in [0.4, 0.5) is 0 Å². The molecule has 1 heterocycles. The van der Waals surface area contributed by atoms with Gasteiger partial charge in [0.1, 0.15) is 5.84 Å². The maximum absolute atomic E-state index is 12.4. The van der Waals surface area contributed by atoms with Crippen LogP contribution in [-0.4, -0.2) is 34.9 Å². The molecular weight excluding hydrogens is 322 g/mol. The van der Waals surface area contributed by atoms with Crippen LogP contribution in [0.1, 0.15) is 28.8 Å². The third-order valence-electron chi connectivity index (χ3n) is 3.72. The molecule has 3 N–H and O–H groups in total. The van der Waals surface area contributed by atoms with Crippen molar-refractivity contribution in [1.82, 2.24) is 4.90 Å². The quantitative estimate of drug-likeness (QED) is 0.375. The fourth-order valence-electron chi connectivity index (χ4n) is 2.42. The molecule has 1 aromatic carbocycles. The fourth-order valence-corrected chi connectivity index (χ4v) is 2.67. The number of carbonyl (C=O) groups is 1. The van der Waals surface area contributed by atoms with Crippen molar-refractivity contribution < 1.29 is 10.0 Å². The molecule has 1 saturated heterocycles. The second kappa shape index (κ2) is 6.26. The highest BCUT2D eigenvalue weighted by molar-refractivity contribution is 9.10. The monoisotopic (exact) mass is 339 g/mol. The van der Waals surface area contributed by atoms with Gasteiger partial charge in [-0.2, -0.15) is 0 Å². The standard InChI is InChI=1S/C14H18BrN3O2/c1-9-8-11(2-3-12(9)15)14(19)18-6-4-10(5-7-18)13(16)17-20/h2-3,8,10,20H,4-7H2,1H3,(H2,16,17). The van der Waals surface area contributed by atoms with Crippen molar-refractivity contribution in [2.75, 3.05) is 13.1 Å². The number of amidine groups is 1. The van der Waals surface area contributed by atoms with Gasteiger partial charge in [-0.05, 0) is 43.5 Å². The summed E-state index contributed by atoms with van der Waals surface area (Å²) in [5, 5.41) is 11.7. The maximum Gasteiger partial charge on any atom is 0.253 e. The largest absolute Gasteiger partial charge is 0.409 e. The van der Waals surface area contributed by atoms with E-state index >= 15 is 0 Å². The number of likely N-dealkylation sites (tertiary alicyclic amines) is 1. The van der Waals surface area contributed by atoms with Crippen LogP contribution in [0.15, 0.2) is 27.8 Å². The van der Waals surface area contributed by atoms with E-state index in [0.29, 0.717) is 18.7 Å². The van der Waals surface area contributed by atoms with E-state index in [1.165, 1.54) is 0 Å². The Hall–Kier alpha value is -1.56. The smallest absolute Gasteiger partial charge is 0.253 e. The van der Waals surface area contributed by atoms with Gasteiger partial charge in [-0.3, -0.25) is 4.79 Å². The topological polar surface area (TPSA) is 78.9 Å².